The van der Waals surface area contributed by atoms with Crippen molar-refractivity contribution >= 4 is 39.6 Å². The third kappa shape index (κ3) is 4.99. The number of methoxy groups -OCH3 is 1. The first-order chi connectivity index (χ1) is 11.5. The van der Waals surface area contributed by atoms with Gasteiger partial charge < -0.3 is 19.2 Å². The quantitative estimate of drug-likeness (QED) is 0.598. The number of furan rings is 1. The van der Waals surface area contributed by atoms with Crippen LogP contribution in [0.25, 0.3) is 6.08 Å². The summed E-state index contributed by atoms with van der Waals surface area (Å²) in [6.07, 6.45) is 1.69. The molecule has 0 saturated carbocycles. The summed E-state index contributed by atoms with van der Waals surface area (Å²) in [5.74, 6) is -0.0928. The zero-order valence-corrected chi connectivity index (χ0v) is 14.7. The number of benzene rings is 1. The van der Waals surface area contributed by atoms with Crippen molar-refractivity contribution in [3.8, 4) is 5.75 Å². The molecule has 1 aromatic heterocycles. The van der Waals surface area contributed by atoms with Gasteiger partial charge in [0.25, 0.3) is 5.91 Å². The third-order valence-corrected chi connectivity index (χ3v) is 3.43. The van der Waals surface area contributed by atoms with Crippen molar-refractivity contribution in [2.75, 3.05) is 12.4 Å². The molecular formula is C17H16BrNO5. The Bertz CT molecular complexity index is 753. The van der Waals surface area contributed by atoms with Gasteiger partial charge in [-0.3, -0.25) is 4.79 Å². The van der Waals surface area contributed by atoms with E-state index in [4.69, 9.17) is 13.9 Å². The molecule has 1 N–H and O–H groups in total. The van der Waals surface area contributed by atoms with Crippen molar-refractivity contribution in [2.24, 2.45) is 0 Å². The number of hydrogen-bond donors (Lipinski definition) is 1. The third-order valence-electron chi connectivity index (χ3n) is 3.00. The summed E-state index contributed by atoms with van der Waals surface area (Å²) < 4.78 is 16.0. The maximum Gasteiger partial charge on any atom is 0.331 e. The predicted molar refractivity (Wildman–Crippen MR) is 92.6 cm³/mol. The zero-order valence-electron chi connectivity index (χ0n) is 13.1. The first-order valence-corrected chi connectivity index (χ1v) is 7.87. The first-order valence-electron chi connectivity index (χ1n) is 7.07. The molecular weight excluding hydrogens is 378 g/mol. The van der Waals surface area contributed by atoms with Gasteiger partial charge in [-0.2, -0.15) is 0 Å². The Morgan fingerprint density at radius 3 is 2.67 bits per heavy atom. The molecule has 2 aromatic rings. The number of halogens is 1. The maximum absolute atomic E-state index is 12.1. The molecule has 1 amide bonds. The van der Waals surface area contributed by atoms with Gasteiger partial charge >= 0.3 is 5.97 Å². The van der Waals surface area contributed by atoms with Crippen LogP contribution in [0.3, 0.4) is 0 Å². The van der Waals surface area contributed by atoms with E-state index in [0.717, 1.165) is 0 Å². The molecule has 126 valence electrons. The van der Waals surface area contributed by atoms with Crippen LogP contribution in [0.1, 0.15) is 12.7 Å². The highest BCUT2D eigenvalue weighted by atomic mass is 79.9. The van der Waals surface area contributed by atoms with Crippen molar-refractivity contribution < 1.29 is 23.5 Å². The number of esters is 1. The highest BCUT2D eigenvalue weighted by molar-refractivity contribution is 9.10. The summed E-state index contributed by atoms with van der Waals surface area (Å²) in [6, 6.07) is 10.4. The lowest BCUT2D eigenvalue weighted by Crippen LogP contribution is -2.29. The van der Waals surface area contributed by atoms with Crippen molar-refractivity contribution in [1.29, 1.82) is 0 Å². The van der Waals surface area contributed by atoms with Gasteiger partial charge in [0.2, 0.25) is 0 Å². The average Bonchev–Trinajstić information content (AvgIpc) is 2.99. The van der Waals surface area contributed by atoms with Crippen LogP contribution in [-0.2, 0) is 14.3 Å². The molecule has 1 aromatic carbocycles. The predicted octanol–water partition coefficient (Wildman–Crippen LogP) is 3.63. The van der Waals surface area contributed by atoms with Crippen LogP contribution in [0.4, 0.5) is 5.69 Å². The topological polar surface area (TPSA) is 77.8 Å². The minimum absolute atomic E-state index is 0.456. The molecule has 0 radical (unpaired) electrons. The van der Waals surface area contributed by atoms with Gasteiger partial charge in [0.05, 0.1) is 12.8 Å². The van der Waals surface area contributed by atoms with E-state index >= 15 is 0 Å². The molecule has 7 heteroatoms. The molecule has 24 heavy (non-hydrogen) atoms. The van der Waals surface area contributed by atoms with Gasteiger partial charge in [-0.15, -0.1) is 0 Å². The standard InChI is InChI=1S/C17H16BrNO5/c1-11(17(21)19-13-5-3-4-6-14(13)22-2)23-16(20)10-8-12-7-9-15(18)24-12/h3-11H,1-2H3,(H,19,21)/b10-8+/t11-/m1/s1. The van der Waals surface area contributed by atoms with Gasteiger partial charge in [0, 0.05) is 6.08 Å². The second kappa shape index (κ2) is 8.35. The Hall–Kier alpha value is -2.54. The normalized spacial score (nSPS) is 12.0. The van der Waals surface area contributed by atoms with Gasteiger partial charge in [-0.25, -0.2) is 4.79 Å². The van der Waals surface area contributed by atoms with E-state index in [9.17, 15) is 9.59 Å². The first kappa shape index (κ1) is 17.8. The highest BCUT2D eigenvalue weighted by Crippen LogP contribution is 2.23. The number of hydrogen-bond acceptors (Lipinski definition) is 5. The number of amides is 1. The molecule has 0 aliphatic heterocycles. The Kier molecular flexibility index (Phi) is 6.20. The van der Waals surface area contributed by atoms with Crippen LogP contribution < -0.4 is 10.1 Å². The Morgan fingerprint density at radius 1 is 1.25 bits per heavy atom. The Balaban J connectivity index is 1.91. The van der Waals surface area contributed by atoms with Gasteiger partial charge in [0.15, 0.2) is 10.8 Å². The zero-order chi connectivity index (χ0) is 17.5. The smallest absolute Gasteiger partial charge is 0.331 e. The van der Waals surface area contributed by atoms with Crippen LogP contribution in [0.15, 0.2) is 51.6 Å². The lowest BCUT2D eigenvalue weighted by atomic mass is 10.2. The highest BCUT2D eigenvalue weighted by Gasteiger charge is 2.18. The lowest BCUT2D eigenvalue weighted by molar-refractivity contribution is -0.148. The molecule has 0 bridgehead atoms. The molecule has 0 fully saturated rings. The van der Waals surface area contributed by atoms with Crippen LogP contribution in [0.2, 0.25) is 0 Å². The van der Waals surface area contributed by atoms with Crippen LogP contribution >= 0.6 is 15.9 Å². The average molecular weight is 394 g/mol. The van der Waals surface area contributed by atoms with E-state index < -0.39 is 18.0 Å². The molecule has 1 atom stereocenters. The molecule has 2 rings (SSSR count). The molecule has 6 nitrogen and oxygen atoms in total. The summed E-state index contributed by atoms with van der Waals surface area (Å²) in [4.78, 5) is 23.8. The largest absolute Gasteiger partial charge is 0.495 e. The number of nitrogens with one attached hydrogen (secondary N) is 1. The molecule has 1 heterocycles. The van der Waals surface area contributed by atoms with E-state index in [2.05, 4.69) is 21.2 Å². The van der Waals surface area contributed by atoms with E-state index in [-0.39, 0.29) is 0 Å². The Labute approximate surface area is 147 Å². The summed E-state index contributed by atoms with van der Waals surface area (Å²) in [5, 5.41) is 2.65. The number of para-hydroxylation sites is 2. The van der Waals surface area contributed by atoms with E-state index in [0.29, 0.717) is 21.9 Å². The van der Waals surface area contributed by atoms with Crippen LogP contribution in [0, 0.1) is 0 Å². The number of anilines is 1. The second-order valence-corrected chi connectivity index (χ2v) is 5.53. The minimum Gasteiger partial charge on any atom is -0.495 e. The molecule has 0 unspecified atom stereocenters. The molecule has 0 aliphatic rings. The fourth-order valence-electron chi connectivity index (χ4n) is 1.82. The number of carbonyl (C=O) groups is 2. The van der Waals surface area contributed by atoms with E-state index in [1.807, 2.05) is 0 Å². The molecule has 0 saturated heterocycles. The summed E-state index contributed by atoms with van der Waals surface area (Å²) >= 11 is 3.16. The van der Waals surface area contributed by atoms with Gasteiger partial charge in [-0.05, 0) is 53.2 Å². The van der Waals surface area contributed by atoms with Gasteiger partial charge in [0.1, 0.15) is 11.5 Å². The summed E-state index contributed by atoms with van der Waals surface area (Å²) in [7, 11) is 1.51. The van der Waals surface area contributed by atoms with Crippen LogP contribution in [-0.4, -0.2) is 25.1 Å². The SMILES string of the molecule is COc1ccccc1NC(=O)[C@@H](C)OC(=O)/C=C/c1ccc(Br)o1. The fourth-order valence-corrected chi connectivity index (χ4v) is 2.14. The number of rotatable bonds is 6. The van der Waals surface area contributed by atoms with Crippen molar-refractivity contribution in [3.05, 3.63) is 52.9 Å². The molecule has 0 aliphatic carbocycles. The fraction of sp³-hybridized carbons (Fsp3) is 0.176. The second-order valence-electron chi connectivity index (χ2n) is 4.74. The van der Waals surface area contributed by atoms with Crippen molar-refractivity contribution in [2.45, 2.75) is 13.0 Å². The summed E-state index contributed by atoms with van der Waals surface area (Å²) in [5.41, 5.74) is 0.504. The summed E-state index contributed by atoms with van der Waals surface area (Å²) in [6.45, 7) is 1.49. The van der Waals surface area contributed by atoms with E-state index in [1.54, 1.807) is 36.4 Å². The number of carbonyl (C=O) groups excluding carboxylic acids is 2. The monoisotopic (exact) mass is 393 g/mol. The van der Waals surface area contributed by atoms with Crippen molar-refractivity contribution in [1.82, 2.24) is 0 Å². The Morgan fingerprint density at radius 2 is 2.00 bits per heavy atom. The van der Waals surface area contributed by atoms with Gasteiger partial charge in [-0.1, -0.05) is 12.1 Å². The van der Waals surface area contributed by atoms with Crippen LogP contribution in [0.5, 0.6) is 5.75 Å². The van der Waals surface area contributed by atoms with Crippen molar-refractivity contribution in [3.63, 3.8) is 0 Å². The molecule has 0 spiro atoms. The lowest BCUT2D eigenvalue weighted by Gasteiger charge is -2.14. The van der Waals surface area contributed by atoms with E-state index in [1.165, 1.54) is 26.2 Å². The minimum atomic E-state index is -0.963. The number of ether oxygens (including phenoxy) is 2. The maximum atomic E-state index is 12.1.